The zero-order chi connectivity index (χ0) is 19.1. The molecule has 0 aliphatic heterocycles. The average molecular weight is 396 g/mol. The molecule has 0 aliphatic carbocycles. The minimum absolute atomic E-state index is 0.797. The molecular weight excluding hydrogens is 370 g/mol. The second-order valence-electron chi connectivity index (χ2n) is 6.96. The minimum Gasteiger partial charge on any atom is -0.289 e. The van der Waals surface area contributed by atoms with Crippen LogP contribution in [0.15, 0.2) is 77.7 Å². The van der Waals surface area contributed by atoms with Gasteiger partial charge in [-0.1, -0.05) is 71.8 Å². The summed E-state index contributed by atoms with van der Waals surface area (Å²) in [5, 5.41) is 0.797. The summed E-state index contributed by atoms with van der Waals surface area (Å²) in [6.45, 7) is 6.33. The molecule has 0 fully saturated rings. The monoisotopic (exact) mass is 395 g/mol. The number of halogens is 1. The first kappa shape index (κ1) is 20.0. The standard InChI is InChI=1S/C24H26ClNS/c1-19-8-13-24(20(2)16-19)27-18-26(17-22-6-4-3-5-7-22)15-14-21-9-11-23(25)12-10-21/h3-13,16H,14-15,17-18H2,1-2H3. The van der Waals surface area contributed by atoms with Crippen LogP contribution in [0.4, 0.5) is 0 Å². The molecule has 0 N–H and O–H groups in total. The topological polar surface area (TPSA) is 3.24 Å². The van der Waals surface area contributed by atoms with Crippen LogP contribution < -0.4 is 0 Å². The van der Waals surface area contributed by atoms with Crippen molar-refractivity contribution in [2.45, 2.75) is 31.7 Å². The van der Waals surface area contributed by atoms with Crippen molar-refractivity contribution in [2.24, 2.45) is 0 Å². The van der Waals surface area contributed by atoms with Crippen molar-refractivity contribution in [1.82, 2.24) is 4.90 Å². The lowest BCUT2D eigenvalue weighted by Crippen LogP contribution is -2.25. The molecule has 1 nitrogen and oxygen atoms in total. The number of hydrogen-bond donors (Lipinski definition) is 0. The molecule has 3 aromatic carbocycles. The van der Waals surface area contributed by atoms with Gasteiger partial charge in [0, 0.05) is 28.9 Å². The Bertz CT molecular complexity index is 846. The van der Waals surface area contributed by atoms with Crippen LogP contribution >= 0.6 is 23.4 Å². The van der Waals surface area contributed by atoms with Gasteiger partial charge in [-0.3, -0.25) is 4.90 Å². The molecule has 0 saturated heterocycles. The molecule has 0 atom stereocenters. The van der Waals surface area contributed by atoms with Gasteiger partial charge in [-0.05, 0) is 55.2 Å². The lowest BCUT2D eigenvalue weighted by Gasteiger charge is -2.22. The smallest absolute Gasteiger partial charge is 0.0495 e. The second-order valence-corrected chi connectivity index (χ2v) is 8.38. The third-order valence-electron chi connectivity index (χ3n) is 4.61. The van der Waals surface area contributed by atoms with E-state index in [0.29, 0.717) is 0 Å². The highest BCUT2D eigenvalue weighted by molar-refractivity contribution is 7.99. The van der Waals surface area contributed by atoms with Crippen molar-refractivity contribution < 1.29 is 0 Å². The van der Waals surface area contributed by atoms with Crippen LogP contribution in [0.2, 0.25) is 5.02 Å². The number of hydrogen-bond acceptors (Lipinski definition) is 2. The largest absolute Gasteiger partial charge is 0.289 e. The molecule has 0 saturated carbocycles. The van der Waals surface area contributed by atoms with E-state index in [9.17, 15) is 0 Å². The van der Waals surface area contributed by atoms with E-state index < -0.39 is 0 Å². The molecule has 0 aliphatic rings. The summed E-state index contributed by atoms with van der Waals surface area (Å²) >= 11 is 7.94. The molecule has 27 heavy (non-hydrogen) atoms. The molecule has 3 aromatic rings. The van der Waals surface area contributed by atoms with Gasteiger partial charge in [0.2, 0.25) is 0 Å². The summed E-state index contributed by atoms with van der Waals surface area (Å²) in [6, 6.07) is 25.6. The van der Waals surface area contributed by atoms with E-state index in [1.807, 2.05) is 23.9 Å². The Hall–Kier alpha value is -1.74. The number of benzene rings is 3. The first-order valence-electron chi connectivity index (χ1n) is 9.31. The molecule has 0 heterocycles. The lowest BCUT2D eigenvalue weighted by atomic mass is 10.1. The molecule has 0 spiro atoms. The zero-order valence-corrected chi connectivity index (χ0v) is 17.6. The Morgan fingerprint density at radius 2 is 1.59 bits per heavy atom. The Balaban J connectivity index is 1.65. The molecule has 140 valence electrons. The van der Waals surface area contributed by atoms with E-state index in [4.69, 9.17) is 11.6 Å². The normalized spacial score (nSPS) is 11.1. The Kier molecular flexibility index (Phi) is 7.40. The Morgan fingerprint density at radius 3 is 2.30 bits per heavy atom. The fourth-order valence-electron chi connectivity index (χ4n) is 3.09. The highest BCUT2D eigenvalue weighted by atomic mass is 35.5. The number of rotatable bonds is 8. The minimum atomic E-state index is 0.797. The van der Waals surface area contributed by atoms with Crippen LogP contribution in [0.1, 0.15) is 22.3 Å². The van der Waals surface area contributed by atoms with Crippen molar-refractivity contribution >= 4 is 23.4 Å². The van der Waals surface area contributed by atoms with Gasteiger partial charge in [-0.2, -0.15) is 0 Å². The maximum atomic E-state index is 6.01. The summed E-state index contributed by atoms with van der Waals surface area (Å²) in [7, 11) is 0. The van der Waals surface area contributed by atoms with E-state index >= 15 is 0 Å². The maximum Gasteiger partial charge on any atom is 0.0495 e. The van der Waals surface area contributed by atoms with Crippen molar-refractivity contribution in [2.75, 3.05) is 12.4 Å². The van der Waals surface area contributed by atoms with Gasteiger partial charge in [-0.25, -0.2) is 0 Å². The quantitative estimate of drug-likeness (QED) is 0.306. The number of aryl methyl sites for hydroxylation is 2. The van der Waals surface area contributed by atoms with Gasteiger partial charge in [0.05, 0.1) is 0 Å². The highest BCUT2D eigenvalue weighted by Gasteiger charge is 2.09. The van der Waals surface area contributed by atoms with Crippen molar-refractivity contribution in [3.63, 3.8) is 0 Å². The van der Waals surface area contributed by atoms with Crippen LogP contribution in [-0.2, 0) is 13.0 Å². The number of nitrogens with zero attached hydrogens (tertiary/aromatic N) is 1. The molecule has 3 rings (SSSR count). The number of thioether (sulfide) groups is 1. The average Bonchev–Trinajstić information content (AvgIpc) is 2.67. The Morgan fingerprint density at radius 1 is 0.852 bits per heavy atom. The van der Waals surface area contributed by atoms with Crippen molar-refractivity contribution in [1.29, 1.82) is 0 Å². The molecular formula is C24H26ClNS. The van der Waals surface area contributed by atoms with E-state index in [1.165, 1.54) is 27.1 Å². The van der Waals surface area contributed by atoms with Crippen LogP contribution in [-0.4, -0.2) is 17.3 Å². The summed E-state index contributed by atoms with van der Waals surface area (Å²) in [5.41, 5.74) is 5.36. The summed E-state index contributed by atoms with van der Waals surface area (Å²) < 4.78 is 0. The van der Waals surface area contributed by atoms with Crippen LogP contribution in [0.3, 0.4) is 0 Å². The van der Waals surface area contributed by atoms with Gasteiger partial charge in [-0.15, -0.1) is 11.8 Å². The predicted octanol–water partition coefficient (Wildman–Crippen LogP) is 6.75. The fourth-order valence-corrected chi connectivity index (χ4v) is 4.21. The van der Waals surface area contributed by atoms with Crippen LogP contribution in [0.5, 0.6) is 0 Å². The highest BCUT2D eigenvalue weighted by Crippen LogP contribution is 2.25. The van der Waals surface area contributed by atoms with E-state index in [2.05, 4.69) is 79.4 Å². The second kappa shape index (κ2) is 9.98. The van der Waals surface area contributed by atoms with E-state index in [0.717, 1.165) is 30.4 Å². The van der Waals surface area contributed by atoms with Crippen LogP contribution in [0.25, 0.3) is 0 Å². The molecule has 0 radical (unpaired) electrons. The van der Waals surface area contributed by atoms with Crippen molar-refractivity contribution in [3.8, 4) is 0 Å². The van der Waals surface area contributed by atoms with Gasteiger partial charge in [0.15, 0.2) is 0 Å². The first-order chi connectivity index (χ1) is 13.1. The molecule has 0 amide bonds. The van der Waals surface area contributed by atoms with Gasteiger partial charge in [0.25, 0.3) is 0 Å². The predicted molar refractivity (Wildman–Crippen MR) is 119 cm³/mol. The van der Waals surface area contributed by atoms with Crippen LogP contribution in [0, 0.1) is 13.8 Å². The third kappa shape index (κ3) is 6.42. The third-order valence-corrected chi connectivity index (χ3v) is 6.13. The van der Waals surface area contributed by atoms with Gasteiger partial charge in [0.1, 0.15) is 0 Å². The van der Waals surface area contributed by atoms with Crippen molar-refractivity contribution in [3.05, 3.63) is 100 Å². The summed E-state index contributed by atoms with van der Waals surface area (Å²) in [4.78, 5) is 3.89. The lowest BCUT2D eigenvalue weighted by molar-refractivity contribution is 0.317. The van der Waals surface area contributed by atoms with E-state index in [-0.39, 0.29) is 0 Å². The molecule has 0 bridgehead atoms. The maximum absolute atomic E-state index is 6.01. The summed E-state index contributed by atoms with van der Waals surface area (Å²) in [6.07, 6.45) is 1.03. The van der Waals surface area contributed by atoms with E-state index in [1.54, 1.807) is 0 Å². The van der Waals surface area contributed by atoms with Gasteiger partial charge < -0.3 is 0 Å². The Labute approximate surface area is 172 Å². The zero-order valence-electron chi connectivity index (χ0n) is 16.0. The summed E-state index contributed by atoms with van der Waals surface area (Å²) in [5.74, 6) is 0.979. The first-order valence-corrected chi connectivity index (χ1v) is 10.7. The molecule has 0 unspecified atom stereocenters. The molecule has 0 aromatic heterocycles. The fraction of sp³-hybridized carbons (Fsp3) is 0.250. The molecule has 3 heteroatoms. The van der Waals surface area contributed by atoms with Gasteiger partial charge >= 0.3 is 0 Å². The SMILES string of the molecule is Cc1ccc(SCN(CCc2ccc(Cl)cc2)Cc2ccccc2)c(C)c1.